The molecule has 0 amide bonds. The zero-order chi connectivity index (χ0) is 12.3. The van der Waals surface area contributed by atoms with Gasteiger partial charge in [0.1, 0.15) is 11.8 Å². The Labute approximate surface area is 94.5 Å². The number of nitriles is 1. The Hall–Kier alpha value is -1.58. The number of aryl methyl sites for hydroxylation is 1. The summed E-state index contributed by atoms with van der Waals surface area (Å²) in [6.45, 7) is 3.29. The lowest BCUT2D eigenvalue weighted by Crippen LogP contribution is -2.13. The Morgan fingerprint density at radius 1 is 1.50 bits per heavy atom. The number of hydrogen-bond acceptors (Lipinski definition) is 4. The number of hydrogen-bond donors (Lipinski definition) is 1. The molecule has 1 aromatic rings. The summed E-state index contributed by atoms with van der Waals surface area (Å²) in [5.74, 6) is 0.474. The summed E-state index contributed by atoms with van der Waals surface area (Å²) in [6.07, 6.45) is -0.584. The maximum Gasteiger partial charge on any atom is 0.238 e. The second kappa shape index (κ2) is 4.51. The van der Waals surface area contributed by atoms with Gasteiger partial charge in [-0.15, -0.1) is 0 Å². The van der Waals surface area contributed by atoms with E-state index in [9.17, 15) is 8.42 Å². The van der Waals surface area contributed by atoms with E-state index in [1.165, 1.54) is 18.2 Å². The smallest absolute Gasteiger partial charge is 0.238 e. The zero-order valence-electron chi connectivity index (χ0n) is 8.97. The van der Waals surface area contributed by atoms with E-state index >= 15 is 0 Å². The Balaban J connectivity index is 3.07. The first-order chi connectivity index (χ1) is 7.34. The summed E-state index contributed by atoms with van der Waals surface area (Å²) >= 11 is 0. The molecule has 5 nitrogen and oxygen atoms in total. The summed E-state index contributed by atoms with van der Waals surface area (Å²) in [6, 6.07) is 6.17. The average Bonchev–Trinajstić information content (AvgIpc) is 2.19. The van der Waals surface area contributed by atoms with Gasteiger partial charge in [-0.05, 0) is 37.6 Å². The number of rotatable bonds is 3. The molecule has 0 saturated heterocycles. The van der Waals surface area contributed by atoms with Gasteiger partial charge in [-0.2, -0.15) is 5.26 Å². The van der Waals surface area contributed by atoms with Crippen LogP contribution in [0.3, 0.4) is 0 Å². The number of nitrogens with zero attached hydrogens (tertiary/aromatic N) is 1. The van der Waals surface area contributed by atoms with Crippen molar-refractivity contribution in [2.24, 2.45) is 5.14 Å². The molecule has 16 heavy (non-hydrogen) atoms. The van der Waals surface area contributed by atoms with Crippen molar-refractivity contribution in [2.45, 2.75) is 24.8 Å². The van der Waals surface area contributed by atoms with Crippen LogP contribution >= 0.6 is 0 Å². The fraction of sp³-hybridized carbons (Fsp3) is 0.300. The molecule has 0 bridgehead atoms. The van der Waals surface area contributed by atoms with Crippen LogP contribution in [-0.2, 0) is 10.0 Å². The highest BCUT2D eigenvalue weighted by Gasteiger charge is 2.11. The fourth-order valence-electron chi connectivity index (χ4n) is 1.15. The molecule has 0 spiro atoms. The molecule has 0 fully saturated rings. The summed E-state index contributed by atoms with van der Waals surface area (Å²) in [7, 11) is -3.70. The van der Waals surface area contributed by atoms with Gasteiger partial charge >= 0.3 is 0 Å². The van der Waals surface area contributed by atoms with Crippen LogP contribution in [0.5, 0.6) is 5.75 Å². The maximum atomic E-state index is 11.1. The third kappa shape index (κ3) is 2.95. The van der Waals surface area contributed by atoms with E-state index in [0.29, 0.717) is 11.3 Å². The second-order valence-corrected chi connectivity index (χ2v) is 4.92. The molecule has 0 aromatic heterocycles. The van der Waals surface area contributed by atoms with Gasteiger partial charge in [0.15, 0.2) is 6.10 Å². The molecule has 1 atom stereocenters. The highest BCUT2D eigenvalue weighted by atomic mass is 32.2. The van der Waals surface area contributed by atoms with Gasteiger partial charge in [0, 0.05) is 0 Å². The number of primary sulfonamides is 1. The summed E-state index contributed by atoms with van der Waals surface area (Å²) < 4.78 is 27.4. The van der Waals surface area contributed by atoms with Crippen LogP contribution in [0.25, 0.3) is 0 Å². The minimum atomic E-state index is -3.70. The van der Waals surface area contributed by atoms with Crippen molar-refractivity contribution in [2.75, 3.05) is 0 Å². The highest BCUT2D eigenvalue weighted by molar-refractivity contribution is 7.89. The molecule has 1 aromatic carbocycles. The SMILES string of the molecule is Cc1cc(S(N)(=O)=O)ccc1OC(C)C#N. The Morgan fingerprint density at radius 3 is 2.56 bits per heavy atom. The maximum absolute atomic E-state index is 11.1. The van der Waals surface area contributed by atoms with Crippen LogP contribution in [-0.4, -0.2) is 14.5 Å². The number of sulfonamides is 1. The fourth-order valence-corrected chi connectivity index (χ4v) is 1.75. The van der Waals surface area contributed by atoms with E-state index in [1.54, 1.807) is 13.8 Å². The molecular weight excluding hydrogens is 228 g/mol. The molecule has 0 saturated carbocycles. The van der Waals surface area contributed by atoms with Crippen molar-refractivity contribution in [3.05, 3.63) is 23.8 Å². The summed E-state index contributed by atoms with van der Waals surface area (Å²) in [4.78, 5) is 0.0296. The molecule has 0 radical (unpaired) electrons. The standard InChI is InChI=1S/C10H12N2O3S/c1-7-5-9(16(12,13)14)3-4-10(7)15-8(2)6-11/h3-5,8H,1-2H3,(H2,12,13,14). The van der Waals surface area contributed by atoms with Crippen molar-refractivity contribution in [3.8, 4) is 11.8 Å². The topological polar surface area (TPSA) is 93.2 Å². The number of nitrogens with two attached hydrogens (primary N) is 1. The quantitative estimate of drug-likeness (QED) is 0.850. The van der Waals surface area contributed by atoms with Crippen LogP contribution in [0.2, 0.25) is 0 Å². The lowest BCUT2D eigenvalue weighted by molar-refractivity contribution is 0.274. The van der Waals surface area contributed by atoms with Crippen LogP contribution in [0, 0.1) is 18.3 Å². The molecule has 1 rings (SSSR count). The van der Waals surface area contributed by atoms with Crippen molar-refractivity contribution in [1.29, 1.82) is 5.26 Å². The Kier molecular flexibility index (Phi) is 3.52. The number of benzene rings is 1. The average molecular weight is 240 g/mol. The molecule has 6 heteroatoms. The van der Waals surface area contributed by atoms with Crippen LogP contribution in [0.4, 0.5) is 0 Å². The van der Waals surface area contributed by atoms with Crippen molar-refractivity contribution in [1.82, 2.24) is 0 Å². The monoisotopic (exact) mass is 240 g/mol. The van der Waals surface area contributed by atoms with Gasteiger partial charge in [-0.25, -0.2) is 13.6 Å². The lowest BCUT2D eigenvalue weighted by Gasteiger charge is -2.11. The third-order valence-electron chi connectivity index (χ3n) is 1.96. The zero-order valence-corrected chi connectivity index (χ0v) is 9.78. The van der Waals surface area contributed by atoms with Gasteiger partial charge in [-0.3, -0.25) is 0 Å². The third-order valence-corrected chi connectivity index (χ3v) is 2.87. The van der Waals surface area contributed by atoms with E-state index in [4.69, 9.17) is 15.1 Å². The minimum Gasteiger partial charge on any atom is -0.476 e. The summed E-state index contributed by atoms with van der Waals surface area (Å²) in [5, 5.41) is 13.6. The minimum absolute atomic E-state index is 0.0296. The van der Waals surface area contributed by atoms with Crippen molar-refractivity contribution < 1.29 is 13.2 Å². The van der Waals surface area contributed by atoms with E-state index in [2.05, 4.69) is 0 Å². The van der Waals surface area contributed by atoms with E-state index in [1.807, 2.05) is 6.07 Å². The molecule has 0 aliphatic heterocycles. The largest absolute Gasteiger partial charge is 0.476 e. The summed E-state index contributed by atoms with van der Waals surface area (Å²) in [5.41, 5.74) is 0.619. The first-order valence-corrected chi connectivity index (χ1v) is 6.09. The normalized spacial score (nSPS) is 12.9. The molecule has 0 aliphatic rings. The van der Waals surface area contributed by atoms with Gasteiger partial charge in [-0.1, -0.05) is 0 Å². The van der Waals surface area contributed by atoms with Crippen molar-refractivity contribution in [3.63, 3.8) is 0 Å². The molecular formula is C10H12N2O3S. The molecule has 0 aliphatic carbocycles. The first-order valence-electron chi connectivity index (χ1n) is 4.54. The van der Waals surface area contributed by atoms with E-state index < -0.39 is 16.1 Å². The lowest BCUT2D eigenvalue weighted by atomic mass is 10.2. The van der Waals surface area contributed by atoms with Crippen LogP contribution < -0.4 is 9.88 Å². The van der Waals surface area contributed by atoms with Gasteiger partial charge in [0.25, 0.3) is 0 Å². The van der Waals surface area contributed by atoms with Crippen molar-refractivity contribution >= 4 is 10.0 Å². The van der Waals surface area contributed by atoms with Crippen LogP contribution in [0.1, 0.15) is 12.5 Å². The predicted octanol–water partition coefficient (Wildman–Crippen LogP) is 0.933. The predicted molar refractivity (Wildman–Crippen MR) is 58.3 cm³/mol. The van der Waals surface area contributed by atoms with Gasteiger partial charge < -0.3 is 4.74 Å². The van der Waals surface area contributed by atoms with Crippen LogP contribution in [0.15, 0.2) is 23.1 Å². The first kappa shape index (κ1) is 12.5. The molecule has 1 unspecified atom stereocenters. The Bertz CT molecular complexity index is 531. The van der Waals surface area contributed by atoms with Gasteiger partial charge in [0.05, 0.1) is 4.90 Å². The second-order valence-electron chi connectivity index (χ2n) is 3.36. The molecule has 2 N–H and O–H groups in total. The highest BCUT2D eigenvalue weighted by Crippen LogP contribution is 2.21. The molecule has 0 heterocycles. The van der Waals surface area contributed by atoms with E-state index in [-0.39, 0.29) is 4.90 Å². The Morgan fingerprint density at radius 2 is 2.12 bits per heavy atom. The number of ether oxygens (including phenoxy) is 1. The van der Waals surface area contributed by atoms with E-state index in [0.717, 1.165) is 0 Å². The molecule has 86 valence electrons. The van der Waals surface area contributed by atoms with Gasteiger partial charge in [0.2, 0.25) is 10.0 Å².